The van der Waals surface area contributed by atoms with Gasteiger partial charge in [0.25, 0.3) is 0 Å². The highest BCUT2D eigenvalue weighted by Gasteiger charge is 2.07. The number of carboxylic acid groups (broad SMARTS) is 1. The van der Waals surface area contributed by atoms with Crippen molar-refractivity contribution in [2.24, 2.45) is 0 Å². The zero-order valence-corrected chi connectivity index (χ0v) is 8.12. The third-order valence-electron chi connectivity index (χ3n) is 1.53. The van der Waals surface area contributed by atoms with Gasteiger partial charge in [-0.2, -0.15) is 0 Å². The standard InChI is InChI=1S/C10H9ClO3/c1-2-5-14-9-6-7(10(12)13)3-4-8(9)11/h2-4,6H,1,5H2,(H,12,13). The molecule has 1 aromatic rings. The summed E-state index contributed by atoms with van der Waals surface area (Å²) in [4.78, 5) is 10.6. The molecule has 0 aliphatic rings. The first-order valence-corrected chi connectivity index (χ1v) is 4.29. The van der Waals surface area contributed by atoms with E-state index in [2.05, 4.69) is 6.58 Å². The highest BCUT2D eigenvalue weighted by atomic mass is 35.5. The number of halogens is 1. The predicted molar refractivity (Wildman–Crippen MR) is 54.1 cm³/mol. The minimum atomic E-state index is -1.01. The van der Waals surface area contributed by atoms with Gasteiger partial charge >= 0.3 is 5.97 Å². The van der Waals surface area contributed by atoms with E-state index in [1.165, 1.54) is 18.2 Å². The molecule has 1 aromatic carbocycles. The van der Waals surface area contributed by atoms with Gasteiger partial charge in [0.15, 0.2) is 0 Å². The molecule has 0 bridgehead atoms. The predicted octanol–water partition coefficient (Wildman–Crippen LogP) is 2.60. The van der Waals surface area contributed by atoms with Gasteiger partial charge in [0.2, 0.25) is 0 Å². The van der Waals surface area contributed by atoms with Crippen LogP contribution in [0.5, 0.6) is 5.75 Å². The van der Waals surface area contributed by atoms with Crippen LogP contribution in [0.3, 0.4) is 0 Å². The quantitative estimate of drug-likeness (QED) is 0.781. The van der Waals surface area contributed by atoms with E-state index in [4.69, 9.17) is 21.4 Å². The van der Waals surface area contributed by atoms with Crippen LogP contribution in [-0.2, 0) is 0 Å². The van der Waals surface area contributed by atoms with Crippen LogP contribution in [0.25, 0.3) is 0 Å². The van der Waals surface area contributed by atoms with Gasteiger partial charge in [-0.25, -0.2) is 4.79 Å². The number of rotatable bonds is 4. The van der Waals surface area contributed by atoms with Crippen LogP contribution in [0.4, 0.5) is 0 Å². The van der Waals surface area contributed by atoms with Crippen LogP contribution >= 0.6 is 11.6 Å². The highest BCUT2D eigenvalue weighted by molar-refractivity contribution is 6.32. The molecule has 0 heterocycles. The first-order chi connectivity index (χ1) is 6.65. The van der Waals surface area contributed by atoms with Crippen molar-refractivity contribution in [2.75, 3.05) is 6.61 Å². The van der Waals surface area contributed by atoms with Crippen LogP contribution in [0.1, 0.15) is 10.4 Å². The number of hydrogen-bond donors (Lipinski definition) is 1. The summed E-state index contributed by atoms with van der Waals surface area (Å²) in [5.41, 5.74) is 0.147. The van der Waals surface area contributed by atoms with E-state index in [0.717, 1.165) is 0 Å². The molecule has 3 nitrogen and oxygen atoms in total. The van der Waals surface area contributed by atoms with Crippen molar-refractivity contribution < 1.29 is 14.6 Å². The van der Waals surface area contributed by atoms with Crippen LogP contribution in [0.2, 0.25) is 5.02 Å². The lowest BCUT2D eigenvalue weighted by Crippen LogP contribution is -1.99. The van der Waals surface area contributed by atoms with E-state index < -0.39 is 5.97 Å². The fraction of sp³-hybridized carbons (Fsp3) is 0.100. The van der Waals surface area contributed by atoms with Crippen molar-refractivity contribution >= 4 is 17.6 Å². The molecule has 0 atom stereocenters. The van der Waals surface area contributed by atoms with E-state index >= 15 is 0 Å². The van der Waals surface area contributed by atoms with E-state index in [1.54, 1.807) is 6.08 Å². The van der Waals surface area contributed by atoms with Gasteiger partial charge < -0.3 is 9.84 Å². The van der Waals surface area contributed by atoms with Gasteiger partial charge in [0.1, 0.15) is 12.4 Å². The summed E-state index contributed by atoms with van der Waals surface area (Å²) >= 11 is 5.78. The Morgan fingerprint density at radius 2 is 2.36 bits per heavy atom. The van der Waals surface area contributed by atoms with Crippen molar-refractivity contribution in [1.29, 1.82) is 0 Å². The van der Waals surface area contributed by atoms with Gasteiger partial charge in [-0.05, 0) is 18.2 Å². The number of ether oxygens (including phenoxy) is 1. The Bertz CT molecular complexity index is 360. The third-order valence-corrected chi connectivity index (χ3v) is 1.85. The molecular formula is C10H9ClO3. The Hall–Kier alpha value is -1.48. The van der Waals surface area contributed by atoms with E-state index in [9.17, 15) is 4.79 Å². The van der Waals surface area contributed by atoms with Gasteiger partial charge in [0, 0.05) is 0 Å². The Morgan fingerprint density at radius 1 is 1.64 bits per heavy atom. The molecule has 0 spiro atoms. The molecule has 74 valence electrons. The fourth-order valence-electron chi connectivity index (χ4n) is 0.896. The maximum Gasteiger partial charge on any atom is 0.335 e. The molecule has 0 aromatic heterocycles. The van der Waals surface area contributed by atoms with E-state index in [-0.39, 0.29) is 5.56 Å². The fourth-order valence-corrected chi connectivity index (χ4v) is 1.07. The zero-order valence-electron chi connectivity index (χ0n) is 7.37. The number of aromatic carboxylic acids is 1. The van der Waals surface area contributed by atoms with Gasteiger partial charge in [-0.1, -0.05) is 24.3 Å². The Labute approximate surface area is 86.6 Å². The summed E-state index contributed by atoms with van der Waals surface area (Å²) in [5, 5.41) is 9.09. The minimum Gasteiger partial charge on any atom is -0.488 e. The Kier molecular flexibility index (Phi) is 3.54. The van der Waals surface area contributed by atoms with Gasteiger partial charge in [0.05, 0.1) is 10.6 Å². The average molecular weight is 213 g/mol. The summed E-state index contributed by atoms with van der Waals surface area (Å²) in [7, 11) is 0. The number of benzene rings is 1. The van der Waals surface area contributed by atoms with E-state index in [1.807, 2.05) is 0 Å². The summed E-state index contributed by atoms with van der Waals surface area (Å²) in [6.45, 7) is 3.77. The summed E-state index contributed by atoms with van der Waals surface area (Å²) in [6, 6.07) is 4.29. The maximum atomic E-state index is 10.6. The molecule has 0 saturated carbocycles. The molecule has 0 saturated heterocycles. The smallest absolute Gasteiger partial charge is 0.335 e. The molecule has 1 N–H and O–H groups in total. The van der Waals surface area contributed by atoms with Gasteiger partial charge in [-0.3, -0.25) is 0 Å². The van der Waals surface area contributed by atoms with E-state index in [0.29, 0.717) is 17.4 Å². The first kappa shape index (κ1) is 10.6. The summed E-state index contributed by atoms with van der Waals surface area (Å²) in [5.74, 6) is -0.656. The molecule has 0 amide bonds. The molecule has 0 radical (unpaired) electrons. The van der Waals surface area contributed by atoms with Crippen molar-refractivity contribution in [3.63, 3.8) is 0 Å². The largest absolute Gasteiger partial charge is 0.488 e. The zero-order chi connectivity index (χ0) is 10.6. The van der Waals surface area contributed by atoms with Crippen LogP contribution < -0.4 is 4.74 Å². The minimum absolute atomic E-state index is 0.147. The van der Waals surface area contributed by atoms with Crippen molar-refractivity contribution in [3.8, 4) is 5.75 Å². The maximum absolute atomic E-state index is 10.6. The first-order valence-electron chi connectivity index (χ1n) is 3.91. The molecule has 4 heteroatoms. The van der Waals surface area contributed by atoms with Crippen molar-refractivity contribution in [1.82, 2.24) is 0 Å². The molecular weight excluding hydrogens is 204 g/mol. The third kappa shape index (κ3) is 2.50. The molecule has 0 aliphatic carbocycles. The average Bonchev–Trinajstić information content (AvgIpc) is 2.16. The summed E-state index contributed by atoms with van der Waals surface area (Å²) < 4.78 is 5.16. The molecule has 0 unspecified atom stereocenters. The van der Waals surface area contributed by atoms with Gasteiger partial charge in [-0.15, -0.1) is 0 Å². The van der Waals surface area contributed by atoms with Crippen molar-refractivity contribution in [3.05, 3.63) is 41.4 Å². The molecule has 1 rings (SSSR count). The lowest BCUT2D eigenvalue weighted by Gasteiger charge is -2.05. The normalized spacial score (nSPS) is 9.50. The van der Waals surface area contributed by atoms with Crippen molar-refractivity contribution in [2.45, 2.75) is 0 Å². The second kappa shape index (κ2) is 4.67. The lowest BCUT2D eigenvalue weighted by molar-refractivity contribution is 0.0696. The Balaban J connectivity index is 2.95. The second-order valence-corrected chi connectivity index (χ2v) is 2.96. The lowest BCUT2D eigenvalue weighted by atomic mass is 10.2. The number of carboxylic acids is 1. The molecule has 14 heavy (non-hydrogen) atoms. The monoisotopic (exact) mass is 212 g/mol. The number of carbonyl (C=O) groups is 1. The molecule has 0 aliphatic heterocycles. The summed E-state index contributed by atoms with van der Waals surface area (Å²) in [6.07, 6.45) is 1.56. The van der Waals surface area contributed by atoms with Crippen LogP contribution in [0, 0.1) is 0 Å². The van der Waals surface area contributed by atoms with Crippen LogP contribution in [0.15, 0.2) is 30.9 Å². The number of hydrogen-bond acceptors (Lipinski definition) is 2. The second-order valence-electron chi connectivity index (χ2n) is 2.55. The van der Waals surface area contributed by atoms with Crippen LogP contribution in [-0.4, -0.2) is 17.7 Å². The highest BCUT2D eigenvalue weighted by Crippen LogP contribution is 2.25. The molecule has 0 fully saturated rings. The Morgan fingerprint density at radius 3 is 2.93 bits per heavy atom. The SMILES string of the molecule is C=CCOc1cc(C(=O)O)ccc1Cl. The topological polar surface area (TPSA) is 46.5 Å².